The normalized spacial score (nSPS) is 11.0. The highest BCUT2D eigenvalue weighted by atomic mass is 32.1. The number of benzene rings is 1. The summed E-state index contributed by atoms with van der Waals surface area (Å²) in [5.74, 6) is 0.223. The Bertz CT molecular complexity index is 791. The van der Waals surface area contributed by atoms with Gasteiger partial charge in [0.2, 0.25) is 0 Å². The molecule has 90 valence electrons. The summed E-state index contributed by atoms with van der Waals surface area (Å²) in [4.78, 5) is 18.7. The number of nitrogens with one attached hydrogen (secondary N) is 1. The molecule has 0 bridgehead atoms. The number of halogens is 1. The Morgan fingerprint density at radius 3 is 2.83 bits per heavy atom. The second kappa shape index (κ2) is 4.03. The van der Waals surface area contributed by atoms with Gasteiger partial charge >= 0.3 is 0 Å². The van der Waals surface area contributed by atoms with Crippen LogP contribution < -0.4 is 5.56 Å². The molecule has 3 nitrogen and oxygen atoms in total. The second-order valence-corrected chi connectivity index (χ2v) is 4.84. The molecule has 5 heteroatoms. The molecule has 0 aliphatic heterocycles. The molecule has 1 N–H and O–H groups in total. The Morgan fingerprint density at radius 2 is 2.06 bits per heavy atom. The third-order valence-electron chi connectivity index (χ3n) is 2.71. The number of fused-ring (bicyclic) bond motifs is 1. The highest BCUT2D eigenvalue weighted by molar-refractivity contribution is 7.17. The van der Waals surface area contributed by atoms with Gasteiger partial charge in [0.15, 0.2) is 0 Å². The average Bonchev–Trinajstić information content (AvgIpc) is 2.73. The predicted molar refractivity (Wildman–Crippen MR) is 70.4 cm³/mol. The van der Waals surface area contributed by atoms with Crippen molar-refractivity contribution in [3.05, 3.63) is 51.6 Å². The van der Waals surface area contributed by atoms with E-state index in [-0.39, 0.29) is 11.4 Å². The molecule has 0 radical (unpaired) electrons. The number of hydrogen-bond donors (Lipinski definition) is 1. The predicted octanol–water partition coefficient (Wildman–Crippen LogP) is 3.10. The first-order valence-electron chi connectivity index (χ1n) is 5.40. The SMILES string of the molecule is Cc1nc2c(-c3ccccc3F)csc2c(=O)[nH]1. The molecule has 0 aliphatic carbocycles. The zero-order valence-electron chi connectivity index (χ0n) is 9.53. The first-order valence-corrected chi connectivity index (χ1v) is 6.28. The van der Waals surface area contributed by atoms with Crippen LogP contribution in [0, 0.1) is 12.7 Å². The first kappa shape index (κ1) is 11.1. The van der Waals surface area contributed by atoms with Crippen molar-refractivity contribution in [2.24, 2.45) is 0 Å². The lowest BCUT2D eigenvalue weighted by molar-refractivity contribution is 0.631. The zero-order valence-corrected chi connectivity index (χ0v) is 10.3. The summed E-state index contributed by atoms with van der Waals surface area (Å²) in [6, 6.07) is 6.49. The lowest BCUT2D eigenvalue weighted by Crippen LogP contribution is -2.07. The molecule has 0 saturated carbocycles. The molecule has 0 unspecified atom stereocenters. The summed E-state index contributed by atoms with van der Waals surface area (Å²) in [5, 5.41) is 1.77. The van der Waals surface area contributed by atoms with Crippen LogP contribution in [-0.4, -0.2) is 9.97 Å². The molecule has 0 atom stereocenters. The number of hydrogen-bond acceptors (Lipinski definition) is 3. The van der Waals surface area contributed by atoms with Crippen molar-refractivity contribution >= 4 is 21.6 Å². The maximum absolute atomic E-state index is 13.8. The average molecular weight is 260 g/mol. The van der Waals surface area contributed by atoms with Gasteiger partial charge in [0.1, 0.15) is 16.3 Å². The minimum Gasteiger partial charge on any atom is -0.310 e. The van der Waals surface area contributed by atoms with Crippen molar-refractivity contribution in [1.82, 2.24) is 9.97 Å². The van der Waals surface area contributed by atoms with Crippen LogP contribution in [0.3, 0.4) is 0 Å². The minimum absolute atomic E-state index is 0.176. The summed E-state index contributed by atoms with van der Waals surface area (Å²) in [6.07, 6.45) is 0. The lowest BCUT2D eigenvalue weighted by atomic mass is 10.1. The van der Waals surface area contributed by atoms with E-state index in [1.807, 2.05) is 0 Å². The van der Waals surface area contributed by atoms with Gasteiger partial charge in [-0.05, 0) is 13.0 Å². The quantitative estimate of drug-likeness (QED) is 0.730. The van der Waals surface area contributed by atoms with Gasteiger partial charge in [0.05, 0.1) is 5.52 Å². The van der Waals surface area contributed by atoms with Crippen LogP contribution in [0.25, 0.3) is 21.3 Å². The van der Waals surface area contributed by atoms with Crippen molar-refractivity contribution < 1.29 is 4.39 Å². The maximum Gasteiger partial charge on any atom is 0.268 e. The molecule has 0 saturated heterocycles. The molecule has 18 heavy (non-hydrogen) atoms. The van der Waals surface area contributed by atoms with E-state index in [1.54, 1.807) is 30.5 Å². The number of H-pyrrole nitrogens is 1. The van der Waals surface area contributed by atoms with Crippen LogP contribution in [0.2, 0.25) is 0 Å². The van der Waals surface area contributed by atoms with Crippen LogP contribution in [-0.2, 0) is 0 Å². The molecular formula is C13H9FN2OS. The summed E-state index contributed by atoms with van der Waals surface area (Å²) < 4.78 is 14.3. The number of aryl methyl sites for hydroxylation is 1. The smallest absolute Gasteiger partial charge is 0.268 e. The highest BCUT2D eigenvalue weighted by Crippen LogP contribution is 2.32. The van der Waals surface area contributed by atoms with E-state index < -0.39 is 0 Å². The zero-order chi connectivity index (χ0) is 12.7. The molecule has 3 aromatic rings. The third kappa shape index (κ3) is 1.64. The van der Waals surface area contributed by atoms with E-state index in [9.17, 15) is 9.18 Å². The number of aromatic amines is 1. The molecule has 2 heterocycles. The van der Waals surface area contributed by atoms with Gasteiger partial charge in [-0.3, -0.25) is 4.79 Å². The maximum atomic E-state index is 13.8. The Hall–Kier alpha value is -2.01. The van der Waals surface area contributed by atoms with Crippen LogP contribution in [0.4, 0.5) is 4.39 Å². The minimum atomic E-state index is -0.308. The van der Waals surface area contributed by atoms with Gasteiger partial charge < -0.3 is 4.98 Å². The van der Waals surface area contributed by atoms with E-state index >= 15 is 0 Å². The molecule has 0 spiro atoms. The third-order valence-corrected chi connectivity index (χ3v) is 3.68. The highest BCUT2D eigenvalue weighted by Gasteiger charge is 2.13. The standard InChI is InChI=1S/C13H9FN2OS/c1-7-15-11-9(6-18-12(11)13(17)16-7)8-4-2-3-5-10(8)14/h2-6H,1H3,(H,15,16,17). The number of aromatic nitrogens is 2. The fourth-order valence-corrected chi connectivity index (χ4v) is 2.81. The topological polar surface area (TPSA) is 45.8 Å². The fourth-order valence-electron chi connectivity index (χ4n) is 1.91. The second-order valence-electron chi connectivity index (χ2n) is 3.96. The first-order chi connectivity index (χ1) is 8.66. The van der Waals surface area contributed by atoms with Gasteiger partial charge in [-0.15, -0.1) is 11.3 Å². The van der Waals surface area contributed by atoms with E-state index in [0.717, 1.165) is 0 Å². The molecule has 1 aromatic carbocycles. The molecule has 3 rings (SSSR count). The van der Waals surface area contributed by atoms with Crippen LogP contribution in [0.1, 0.15) is 5.82 Å². The Morgan fingerprint density at radius 1 is 1.28 bits per heavy atom. The number of nitrogens with zero attached hydrogens (tertiary/aromatic N) is 1. The van der Waals surface area contributed by atoms with Crippen molar-refractivity contribution in [1.29, 1.82) is 0 Å². The van der Waals surface area contributed by atoms with E-state index in [1.165, 1.54) is 17.4 Å². The molecule has 0 fully saturated rings. The van der Waals surface area contributed by atoms with Crippen LogP contribution >= 0.6 is 11.3 Å². The van der Waals surface area contributed by atoms with Gasteiger partial charge in [0, 0.05) is 16.5 Å². The summed E-state index contributed by atoms with van der Waals surface area (Å²) in [7, 11) is 0. The number of rotatable bonds is 1. The summed E-state index contributed by atoms with van der Waals surface area (Å²) in [5.41, 5.74) is 1.53. The van der Waals surface area contributed by atoms with Crippen LogP contribution in [0.5, 0.6) is 0 Å². The van der Waals surface area contributed by atoms with Gasteiger partial charge in [-0.2, -0.15) is 0 Å². The van der Waals surface area contributed by atoms with Crippen molar-refractivity contribution in [3.63, 3.8) is 0 Å². The van der Waals surface area contributed by atoms with Crippen LogP contribution in [0.15, 0.2) is 34.4 Å². The summed E-state index contributed by atoms with van der Waals surface area (Å²) >= 11 is 1.28. The van der Waals surface area contributed by atoms with Gasteiger partial charge in [0.25, 0.3) is 5.56 Å². The lowest BCUT2D eigenvalue weighted by Gasteiger charge is -2.01. The van der Waals surface area contributed by atoms with E-state index in [0.29, 0.717) is 27.2 Å². The molecule has 2 aromatic heterocycles. The fraction of sp³-hybridized carbons (Fsp3) is 0.0769. The molecular weight excluding hydrogens is 251 g/mol. The largest absolute Gasteiger partial charge is 0.310 e. The van der Waals surface area contributed by atoms with Crippen molar-refractivity contribution in [3.8, 4) is 11.1 Å². The van der Waals surface area contributed by atoms with Crippen molar-refractivity contribution in [2.75, 3.05) is 0 Å². The van der Waals surface area contributed by atoms with E-state index in [4.69, 9.17) is 0 Å². The Labute approximate surface area is 106 Å². The summed E-state index contributed by atoms with van der Waals surface area (Å²) in [6.45, 7) is 1.71. The Balaban J connectivity index is 2.38. The van der Waals surface area contributed by atoms with Gasteiger partial charge in [-0.1, -0.05) is 18.2 Å². The monoisotopic (exact) mass is 260 g/mol. The Kier molecular flexibility index (Phi) is 2.48. The van der Waals surface area contributed by atoms with Gasteiger partial charge in [-0.25, -0.2) is 9.37 Å². The van der Waals surface area contributed by atoms with E-state index in [2.05, 4.69) is 9.97 Å². The number of thiophene rings is 1. The molecule has 0 aliphatic rings. The van der Waals surface area contributed by atoms with Crippen molar-refractivity contribution in [2.45, 2.75) is 6.92 Å². The molecule has 0 amide bonds.